The van der Waals surface area contributed by atoms with Crippen molar-refractivity contribution in [1.82, 2.24) is 5.32 Å². The zero-order chi connectivity index (χ0) is 15.1. The van der Waals surface area contributed by atoms with Crippen molar-refractivity contribution in [3.05, 3.63) is 34.9 Å². The Morgan fingerprint density at radius 2 is 2.38 bits per heavy atom. The molecule has 0 aliphatic carbocycles. The maximum atomic E-state index is 12.3. The van der Waals surface area contributed by atoms with E-state index in [1.54, 1.807) is 6.07 Å². The minimum atomic E-state index is -0.183. The van der Waals surface area contributed by atoms with E-state index in [0.29, 0.717) is 18.0 Å². The standard InChI is InChI=1S/C17H21NO3/c1-13-15(7-3-9-19)6-2-8-16(13)17(20)18-11-14-5-4-10-21-12-14/h2,6,8,14,19H,4-5,9-12H2,1H3,(H,18,20). The van der Waals surface area contributed by atoms with Crippen LogP contribution in [-0.2, 0) is 4.74 Å². The molecule has 0 saturated carbocycles. The zero-order valence-corrected chi connectivity index (χ0v) is 12.3. The lowest BCUT2D eigenvalue weighted by Gasteiger charge is -2.22. The number of benzene rings is 1. The molecule has 1 atom stereocenters. The van der Waals surface area contributed by atoms with Crippen molar-refractivity contribution in [2.45, 2.75) is 19.8 Å². The summed E-state index contributed by atoms with van der Waals surface area (Å²) in [5, 5.41) is 11.7. The fourth-order valence-electron chi connectivity index (χ4n) is 2.45. The topological polar surface area (TPSA) is 58.6 Å². The molecule has 0 bridgehead atoms. The van der Waals surface area contributed by atoms with E-state index in [9.17, 15) is 4.79 Å². The summed E-state index contributed by atoms with van der Waals surface area (Å²) in [5.74, 6) is 5.80. The van der Waals surface area contributed by atoms with Gasteiger partial charge in [-0.3, -0.25) is 4.79 Å². The summed E-state index contributed by atoms with van der Waals surface area (Å²) < 4.78 is 5.41. The molecule has 1 aliphatic rings. The van der Waals surface area contributed by atoms with Crippen LogP contribution >= 0.6 is 0 Å². The van der Waals surface area contributed by atoms with Crippen molar-refractivity contribution < 1.29 is 14.6 Å². The first-order valence-electron chi connectivity index (χ1n) is 7.27. The Balaban J connectivity index is 2.01. The van der Waals surface area contributed by atoms with Crippen molar-refractivity contribution >= 4 is 5.91 Å². The van der Waals surface area contributed by atoms with Crippen LogP contribution in [0.15, 0.2) is 18.2 Å². The lowest BCUT2D eigenvalue weighted by molar-refractivity contribution is 0.0536. The van der Waals surface area contributed by atoms with Gasteiger partial charge in [0.25, 0.3) is 5.91 Å². The summed E-state index contributed by atoms with van der Waals surface area (Å²) in [4.78, 5) is 12.3. The van der Waals surface area contributed by atoms with Gasteiger partial charge in [0.1, 0.15) is 6.61 Å². The van der Waals surface area contributed by atoms with Gasteiger partial charge in [-0.2, -0.15) is 0 Å². The lowest BCUT2D eigenvalue weighted by atomic mass is 10.0. The molecule has 1 fully saturated rings. The predicted molar refractivity (Wildman–Crippen MR) is 81.0 cm³/mol. The summed E-state index contributed by atoms with van der Waals surface area (Å²) in [6, 6.07) is 5.46. The molecular formula is C17H21NO3. The average molecular weight is 287 g/mol. The Morgan fingerprint density at radius 1 is 1.52 bits per heavy atom. The Bertz CT molecular complexity index is 551. The van der Waals surface area contributed by atoms with E-state index < -0.39 is 0 Å². The van der Waals surface area contributed by atoms with Crippen LogP contribution in [0.2, 0.25) is 0 Å². The number of rotatable bonds is 3. The number of carbonyl (C=O) groups is 1. The molecule has 1 heterocycles. The van der Waals surface area contributed by atoms with Gasteiger partial charge in [0.15, 0.2) is 0 Å². The molecule has 21 heavy (non-hydrogen) atoms. The third-order valence-corrected chi connectivity index (χ3v) is 3.69. The molecule has 1 aromatic carbocycles. The Morgan fingerprint density at radius 3 is 3.10 bits per heavy atom. The zero-order valence-electron chi connectivity index (χ0n) is 12.3. The SMILES string of the molecule is Cc1c(C#CCO)cccc1C(=O)NCC1CCCOC1. The van der Waals surface area contributed by atoms with Crippen LogP contribution < -0.4 is 5.32 Å². The quantitative estimate of drug-likeness (QED) is 0.828. The molecule has 112 valence electrons. The number of hydrogen-bond donors (Lipinski definition) is 2. The number of hydrogen-bond acceptors (Lipinski definition) is 3. The minimum Gasteiger partial charge on any atom is -0.384 e. The molecule has 2 rings (SSSR count). The van der Waals surface area contributed by atoms with Gasteiger partial charge in [0.05, 0.1) is 6.61 Å². The van der Waals surface area contributed by atoms with E-state index in [2.05, 4.69) is 17.2 Å². The van der Waals surface area contributed by atoms with Crippen LogP contribution in [0.4, 0.5) is 0 Å². The highest BCUT2D eigenvalue weighted by atomic mass is 16.5. The first-order valence-corrected chi connectivity index (χ1v) is 7.27. The van der Waals surface area contributed by atoms with E-state index in [-0.39, 0.29) is 12.5 Å². The van der Waals surface area contributed by atoms with Crippen LogP contribution in [0.1, 0.15) is 34.3 Å². The average Bonchev–Trinajstić information content (AvgIpc) is 2.52. The number of carbonyl (C=O) groups excluding carboxylic acids is 1. The van der Waals surface area contributed by atoms with Gasteiger partial charge >= 0.3 is 0 Å². The molecule has 2 N–H and O–H groups in total. The van der Waals surface area contributed by atoms with Gasteiger partial charge in [-0.25, -0.2) is 0 Å². The lowest BCUT2D eigenvalue weighted by Crippen LogP contribution is -2.33. The second-order valence-corrected chi connectivity index (χ2v) is 5.23. The first kappa shape index (κ1) is 15.6. The smallest absolute Gasteiger partial charge is 0.251 e. The molecule has 0 radical (unpaired) electrons. The molecule has 0 aromatic heterocycles. The third-order valence-electron chi connectivity index (χ3n) is 3.69. The maximum absolute atomic E-state index is 12.3. The highest BCUT2D eigenvalue weighted by Crippen LogP contribution is 2.15. The molecule has 1 amide bonds. The Hall–Kier alpha value is -1.83. The first-order chi connectivity index (χ1) is 10.2. The monoisotopic (exact) mass is 287 g/mol. The number of nitrogens with one attached hydrogen (secondary N) is 1. The van der Waals surface area contributed by atoms with Crippen LogP contribution in [0, 0.1) is 24.7 Å². The summed E-state index contributed by atoms with van der Waals surface area (Å²) in [6.07, 6.45) is 2.16. The fraction of sp³-hybridized carbons (Fsp3) is 0.471. The summed E-state index contributed by atoms with van der Waals surface area (Å²) in [5.41, 5.74) is 2.25. The number of amides is 1. The van der Waals surface area contributed by atoms with E-state index in [4.69, 9.17) is 9.84 Å². The van der Waals surface area contributed by atoms with Crippen LogP contribution in [0.5, 0.6) is 0 Å². The van der Waals surface area contributed by atoms with E-state index in [1.807, 2.05) is 19.1 Å². The highest BCUT2D eigenvalue weighted by Gasteiger charge is 2.16. The van der Waals surface area contributed by atoms with E-state index in [0.717, 1.165) is 37.2 Å². The maximum Gasteiger partial charge on any atom is 0.251 e. The third kappa shape index (κ3) is 4.32. The van der Waals surface area contributed by atoms with Crippen molar-refractivity contribution in [1.29, 1.82) is 0 Å². The highest BCUT2D eigenvalue weighted by molar-refractivity contribution is 5.96. The Labute approximate surface area is 125 Å². The molecule has 0 spiro atoms. The number of aliphatic hydroxyl groups excluding tert-OH is 1. The van der Waals surface area contributed by atoms with Crippen molar-refractivity contribution in [3.8, 4) is 11.8 Å². The van der Waals surface area contributed by atoms with Crippen molar-refractivity contribution in [2.24, 2.45) is 5.92 Å². The van der Waals surface area contributed by atoms with Gasteiger partial charge in [0, 0.05) is 24.3 Å². The molecule has 1 saturated heterocycles. The molecule has 1 unspecified atom stereocenters. The van der Waals surface area contributed by atoms with E-state index >= 15 is 0 Å². The molecule has 1 aromatic rings. The predicted octanol–water partition coefficient (Wildman–Crippen LogP) is 1.50. The summed E-state index contributed by atoms with van der Waals surface area (Å²) >= 11 is 0. The molecule has 1 aliphatic heterocycles. The minimum absolute atomic E-state index is 0.0780. The normalized spacial score (nSPS) is 17.7. The molecular weight excluding hydrogens is 266 g/mol. The number of aliphatic hydroxyl groups is 1. The van der Waals surface area contributed by atoms with Gasteiger partial charge < -0.3 is 15.2 Å². The second kappa shape index (κ2) is 7.82. The molecule has 4 heteroatoms. The van der Waals surface area contributed by atoms with Crippen LogP contribution in [0.3, 0.4) is 0 Å². The molecule has 4 nitrogen and oxygen atoms in total. The van der Waals surface area contributed by atoms with Crippen molar-refractivity contribution in [3.63, 3.8) is 0 Å². The van der Waals surface area contributed by atoms with Gasteiger partial charge in [-0.1, -0.05) is 17.9 Å². The van der Waals surface area contributed by atoms with Crippen LogP contribution in [-0.4, -0.2) is 37.4 Å². The van der Waals surface area contributed by atoms with Gasteiger partial charge in [0.2, 0.25) is 0 Å². The van der Waals surface area contributed by atoms with Crippen LogP contribution in [0.25, 0.3) is 0 Å². The number of ether oxygens (including phenoxy) is 1. The summed E-state index contributed by atoms with van der Waals surface area (Å²) in [7, 11) is 0. The Kier molecular flexibility index (Phi) is 5.79. The fourth-order valence-corrected chi connectivity index (χ4v) is 2.45. The second-order valence-electron chi connectivity index (χ2n) is 5.23. The van der Waals surface area contributed by atoms with Gasteiger partial charge in [-0.15, -0.1) is 0 Å². The summed E-state index contributed by atoms with van der Waals surface area (Å²) in [6.45, 7) is 3.89. The van der Waals surface area contributed by atoms with E-state index in [1.165, 1.54) is 0 Å². The van der Waals surface area contributed by atoms with Gasteiger partial charge in [-0.05, 0) is 43.4 Å². The largest absolute Gasteiger partial charge is 0.384 e. The van der Waals surface area contributed by atoms with Crippen molar-refractivity contribution in [2.75, 3.05) is 26.4 Å².